The van der Waals surface area contributed by atoms with Crippen molar-refractivity contribution < 1.29 is 13.2 Å². The van der Waals surface area contributed by atoms with Crippen molar-refractivity contribution in [1.29, 1.82) is 0 Å². The van der Waals surface area contributed by atoms with Gasteiger partial charge >= 0.3 is 0 Å². The van der Waals surface area contributed by atoms with Gasteiger partial charge in [0.05, 0.1) is 0 Å². The molecule has 1 aliphatic carbocycles. The molecule has 2 rings (SSSR count). The number of hydrogen-bond donors (Lipinski definition) is 1. The molecule has 7 heteroatoms. The largest absolute Gasteiger partial charge is 0.340 e. The van der Waals surface area contributed by atoms with Crippen LogP contribution in [0.4, 0.5) is 0 Å². The summed E-state index contributed by atoms with van der Waals surface area (Å²) in [5.41, 5.74) is 0. The lowest BCUT2D eigenvalue weighted by Crippen LogP contribution is -2.52. The molecule has 1 saturated carbocycles. The fourth-order valence-electron chi connectivity index (χ4n) is 3.15. The minimum Gasteiger partial charge on any atom is -0.340 e. The van der Waals surface area contributed by atoms with E-state index in [9.17, 15) is 13.2 Å². The summed E-state index contributed by atoms with van der Waals surface area (Å²) in [5.74, 6) is 0.864. The molecule has 0 bridgehead atoms. The first-order valence-electron chi connectivity index (χ1n) is 7.52. The molecule has 1 amide bonds. The number of piperazine rings is 1. The molecule has 0 atom stereocenters. The van der Waals surface area contributed by atoms with Crippen LogP contribution in [0.15, 0.2) is 0 Å². The van der Waals surface area contributed by atoms with Gasteiger partial charge in [-0.15, -0.1) is 0 Å². The number of nitrogens with zero attached hydrogens (tertiary/aromatic N) is 2. The number of carbonyl (C=O) groups excluding carboxylic acids is 1. The van der Waals surface area contributed by atoms with Gasteiger partial charge in [-0.2, -0.15) is 12.7 Å². The third kappa shape index (κ3) is 4.43. The average Bonchev–Trinajstić information content (AvgIpc) is 2.45. The standard InChI is InChI=1S/C13H25N3O3S/c14-20(18,19)16-10-8-15(9-11-16)13(17)7-6-12-4-2-1-3-5-12/h12H,1-11H2,(H2,14,18,19). The molecular weight excluding hydrogens is 278 g/mol. The lowest BCUT2D eigenvalue weighted by atomic mass is 9.86. The summed E-state index contributed by atoms with van der Waals surface area (Å²) >= 11 is 0. The first kappa shape index (κ1) is 15.7. The lowest BCUT2D eigenvalue weighted by molar-refractivity contribution is -0.132. The first-order chi connectivity index (χ1) is 9.47. The smallest absolute Gasteiger partial charge is 0.277 e. The van der Waals surface area contributed by atoms with Crippen LogP contribution in [0.2, 0.25) is 0 Å². The summed E-state index contributed by atoms with van der Waals surface area (Å²) in [5, 5.41) is 5.08. The van der Waals surface area contributed by atoms with Crippen LogP contribution >= 0.6 is 0 Å². The van der Waals surface area contributed by atoms with Gasteiger partial charge in [-0.25, -0.2) is 5.14 Å². The van der Waals surface area contributed by atoms with Crippen LogP contribution in [0.25, 0.3) is 0 Å². The van der Waals surface area contributed by atoms with Gasteiger partial charge in [-0.1, -0.05) is 32.1 Å². The van der Waals surface area contributed by atoms with E-state index in [1.165, 1.54) is 36.4 Å². The Hall–Kier alpha value is -0.660. The monoisotopic (exact) mass is 303 g/mol. The summed E-state index contributed by atoms with van der Waals surface area (Å²) in [6, 6.07) is 0. The van der Waals surface area contributed by atoms with E-state index in [1.54, 1.807) is 4.90 Å². The Morgan fingerprint density at radius 1 is 1.05 bits per heavy atom. The Morgan fingerprint density at radius 3 is 2.20 bits per heavy atom. The summed E-state index contributed by atoms with van der Waals surface area (Å²) in [6.45, 7) is 1.54. The predicted molar refractivity (Wildman–Crippen MR) is 77.1 cm³/mol. The van der Waals surface area contributed by atoms with Gasteiger partial charge in [-0.05, 0) is 12.3 Å². The van der Waals surface area contributed by atoms with Gasteiger partial charge in [-0.3, -0.25) is 4.79 Å². The van der Waals surface area contributed by atoms with Crippen LogP contribution in [-0.2, 0) is 15.0 Å². The van der Waals surface area contributed by atoms with Crippen LogP contribution in [0.3, 0.4) is 0 Å². The van der Waals surface area contributed by atoms with Crippen molar-refractivity contribution >= 4 is 16.1 Å². The van der Waals surface area contributed by atoms with Gasteiger partial charge in [0.2, 0.25) is 5.91 Å². The SMILES string of the molecule is NS(=O)(=O)N1CCN(C(=O)CCC2CCCCC2)CC1. The van der Waals surface area contributed by atoms with E-state index in [0.29, 0.717) is 38.5 Å². The molecule has 2 N–H and O–H groups in total. The van der Waals surface area contributed by atoms with Crippen molar-refractivity contribution in [3.63, 3.8) is 0 Å². The van der Waals surface area contributed by atoms with E-state index >= 15 is 0 Å². The highest BCUT2D eigenvalue weighted by Crippen LogP contribution is 2.27. The summed E-state index contributed by atoms with van der Waals surface area (Å²) in [7, 11) is -3.61. The predicted octanol–water partition coefficient (Wildman–Crippen LogP) is 0.695. The van der Waals surface area contributed by atoms with Gasteiger partial charge in [0.1, 0.15) is 0 Å². The van der Waals surface area contributed by atoms with Crippen LogP contribution in [0.5, 0.6) is 0 Å². The minimum atomic E-state index is -3.61. The second kappa shape index (κ2) is 6.87. The molecule has 0 aromatic heterocycles. The van der Waals surface area contributed by atoms with Crippen molar-refractivity contribution in [3.05, 3.63) is 0 Å². The van der Waals surface area contributed by atoms with E-state index in [1.807, 2.05) is 0 Å². The molecule has 20 heavy (non-hydrogen) atoms. The third-order valence-electron chi connectivity index (χ3n) is 4.44. The van der Waals surface area contributed by atoms with Crippen molar-refractivity contribution in [2.75, 3.05) is 26.2 Å². The molecule has 2 fully saturated rings. The third-order valence-corrected chi connectivity index (χ3v) is 5.53. The van der Waals surface area contributed by atoms with Crippen LogP contribution in [-0.4, -0.2) is 49.7 Å². The number of amides is 1. The van der Waals surface area contributed by atoms with E-state index < -0.39 is 10.2 Å². The topological polar surface area (TPSA) is 83.7 Å². The highest BCUT2D eigenvalue weighted by atomic mass is 32.2. The van der Waals surface area contributed by atoms with Gasteiger partial charge < -0.3 is 4.90 Å². The minimum absolute atomic E-state index is 0.157. The lowest BCUT2D eigenvalue weighted by Gasteiger charge is -2.33. The van der Waals surface area contributed by atoms with Gasteiger partial charge in [0.15, 0.2) is 0 Å². The Kier molecular flexibility index (Phi) is 5.40. The molecule has 0 spiro atoms. The Labute approximate surface area is 121 Å². The van der Waals surface area contributed by atoms with Gasteiger partial charge in [0, 0.05) is 32.6 Å². The first-order valence-corrected chi connectivity index (χ1v) is 9.03. The zero-order chi connectivity index (χ0) is 14.6. The Bertz CT molecular complexity index is 424. The number of nitrogens with two attached hydrogens (primary N) is 1. The molecule has 2 aliphatic rings. The van der Waals surface area contributed by atoms with Crippen molar-refractivity contribution in [2.45, 2.75) is 44.9 Å². The fraction of sp³-hybridized carbons (Fsp3) is 0.923. The van der Waals surface area contributed by atoms with Crippen molar-refractivity contribution in [2.24, 2.45) is 11.1 Å². The average molecular weight is 303 g/mol. The second-order valence-electron chi connectivity index (χ2n) is 5.87. The number of carbonyl (C=O) groups is 1. The highest BCUT2D eigenvalue weighted by molar-refractivity contribution is 7.86. The quantitative estimate of drug-likeness (QED) is 0.829. The van der Waals surface area contributed by atoms with Crippen LogP contribution in [0, 0.1) is 5.92 Å². The molecule has 0 aromatic carbocycles. The van der Waals surface area contributed by atoms with Gasteiger partial charge in [0.25, 0.3) is 10.2 Å². The zero-order valence-corrected chi connectivity index (χ0v) is 12.8. The Morgan fingerprint density at radius 2 is 1.65 bits per heavy atom. The normalized spacial score (nSPS) is 22.9. The molecule has 0 aromatic rings. The maximum atomic E-state index is 12.1. The number of hydrogen-bond acceptors (Lipinski definition) is 3. The van der Waals surface area contributed by atoms with E-state index in [2.05, 4.69) is 0 Å². The Balaban J connectivity index is 1.71. The summed E-state index contributed by atoms with van der Waals surface area (Å²) in [6.07, 6.45) is 8.02. The zero-order valence-electron chi connectivity index (χ0n) is 12.0. The fourth-order valence-corrected chi connectivity index (χ4v) is 3.83. The summed E-state index contributed by atoms with van der Waals surface area (Å²) in [4.78, 5) is 13.9. The molecule has 1 heterocycles. The van der Waals surface area contributed by atoms with E-state index in [-0.39, 0.29) is 5.91 Å². The van der Waals surface area contributed by atoms with Crippen LogP contribution in [0.1, 0.15) is 44.9 Å². The highest BCUT2D eigenvalue weighted by Gasteiger charge is 2.26. The molecule has 0 unspecified atom stereocenters. The van der Waals surface area contributed by atoms with Crippen molar-refractivity contribution in [3.8, 4) is 0 Å². The molecular formula is C13H25N3O3S. The molecule has 1 saturated heterocycles. The second-order valence-corrected chi connectivity index (χ2v) is 7.41. The maximum absolute atomic E-state index is 12.1. The summed E-state index contributed by atoms with van der Waals surface area (Å²) < 4.78 is 23.6. The maximum Gasteiger partial charge on any atom is 0.277 e. The van der Waals surface area contributed by atoms with Crippen molar-refractivity contribution in [1.82, 2.24) is 9.21 Å². The molecule has 6 nitrogen and oxygen atoms in total. The molecule has 116 valence electrons. The molecule has 1 aliphatic heterocycles. The number of rotatable bonds is 4. The molecule has 0 radical (unpaired) electrons. The van der Waals surface area contributed by atoms with Crippen LogP contribution < -0.4 is 5.14 Å². The van der Waals surface area contributed by atoms with E-state index in [0.717, 1.165) is 6.42 Å². The van der Waals surface area contributed by atoms with E-state index in [4.69, 9.17) is 5.14 Å².